The Labute approximate surface area is 152 Å². The van der Waals surface area contributed by atoms with E-state index in [1.165, 1.54) is 11.6 Å². The van der Waals surface area contributed by atoms with Crippen LogP contribution in [-0.2, 0) is 19.1 Å². The van der Waals surface area contributed by atoms with E-state index in [9.17, 15) is 13.2 Å². The molecule has 0 amide bonds. The van der Waals surface area contributed by atoms with Gasteiger partial charge in [-0.25, -0.2) is 0 Å². The average molecular weight is 370 g/mol. The summed E-state index contributed by atoms with van der Waals surface area (Å²) in [5, 5.41) is -0.184. The van der Waals surface area contributed by atoms with Gasteiger partial charge in [0.1, 0.15) is 0 Å². The summed E-state index contributed by atoms with van der Waals surface area (Å²) in [6.45, 7) is 4.16. The van der Waals surface area contributed by atoms with Gasteiger partial charge >= 0.3 is 6.18 Å². The van der Waals surface area contributed by atoms with Gasteiger partial charge in [-0.15, -0.1) is 0 Å². The van der Waals surface area contributed by atoms with Crippen LogP contribution in [0.3, 0.4) is 0 Å². The molecule has 0 heterocycles. The lowest BCUT2D eigenvalue weighted by atomic mass is 10.1. The van der Waals surface area contributed by atoms with E-state index < -0.39 is 11.7 Å². The van der Waals surface area contributed by atoms with Gasteiger partial charge in [-0.2, -0.15) is 13.2 Å². The minimum absolute atomic E-state index is 0.184. The quantitative estimate of drug-likeness (QED) is 0.535. The third-order valence-corrected chi connectivity index (χ3v) is 4.61. The van der Waals surface area contributed by atoms with E-state index in [-0.39, 0.29) is 5.02 Å². The second-order valence-corrected chi connectivity index (χ2v) is 6.52. The molecule has 0 aliphatic carbocycles. The number of rotatable bonds is 8. The van der Waals surface area contributed by atoms with E-state index >= 15 is 0 Å². The molecule has 0 saturated carbocycles. The number of unbranched alkanes of at least 4 members (excludes halogenated alkanes) is 1. The first kappa shape index (κ1) is 19.8. The molecule has 0 aliphatic heterocycles. The molecule has 2 aromatic carbocycles. The first-order valence-corrected chi connectivity index (χ1v) is 8.90. The Balaban J connectivity index is 2.11. The number of halogens is 4. The summed E-state index contributed by atoms with van der Waals surface area (Å²) in [4.78, 5) is 2.18. The van der Waals surface area contributed by atoms with Gasteiger partial charge in [-0.1, -0.05) is 67.4 Å². The van der Waals surface area contributed by atoms with Crippen molar-refractivity contribution in [2.75, 3.05) is 13.1 Å². The number of hydrogen-bond acceptors (Lipinski definition) is 1. The molecule has 25 heavy (non-hydrogen) atoms. The number of benzene rings is 2. The zero-order valence-electron chi connectivity index (χ0n) is 14.3. The molecule has 0 radical (unpaired) electrons. The van der Waals surface area contributed by atoms with Gasteiger partial charge in [-0.05, 0) is 36.6 Å². The maximum absolute atomic E-state index is 13.0. The van der Waals surface area contributed by atoms with Crippen LogP contribution in [0.4, 0.5) is 13.2 Å². The molecule has 0 aliphatic rings. The Morgan fingerprint density at radius 2 is 1.68 bits per heavy atom. The Kier molecular flexibility index (Phi) is 7.33. The third-order valence-electron chi connectivity index (χ3n) is 4.17. The molecule has 0 fully saturated rings. The fraction of sp³-hybridized carbons (Fsp3) is 0.400. The smallest absolute Gasteiger partial charge is 0.299 e. The Bertz CT molecular complexity index is 656. The molecular weight excluding hydrogens is 347 g/mol. The summed E-state index contributed by atoms with van der Waals surface area (Å²) >= 11 is 6.04. The maximum Gasteiger partial charge on any atom is 0.417 e. The summed E-state index contributed by atoms with van der Waals surface area (Å²) in [5.41, 5.74) is 0.991. The highest BCUT2D eigenvalue weighted by Crippen LogP contribution is 2.36. The zero-order valence-corrected chi connectivity index (χ0v) is 15.1. The van der Waals surface area contributed by atoms with Crippen molar-refractivity contribution >= 4 is 11.6 Å². The summed E-state index contributed by atoms with van der Waals surface area (Å²) in [6, 6.07) is 14.2. The van der Waals surface area contributed by atoms with E-state index in [0.717, 1.165) is 38.4 Å². The lowest BCUT2D eigenvalue weighted by Crippen LogP contribution is -2.27. The van der Waals surface area contributed by atoms with Gasteiger partial charge in [0, 0.05) is 13.1 Å². The van der Waals surface area contributed by atoms with Crippen molar-refractivity contribution in [2.24, 2.45) is 0 Å². The van der Waals surface area contributed by atoms with Gasteiger partial charge < -0.3 is 0 Å². The van der Waals surface area contributed by atoms with E-state index in [0.29, 0.717) is 12.1 Å². The highest BCUT2D eigenvalue weighted by Gasteiger charge is 2.33. The Hall–Kier alpha value is -1.52. The molecule has 0 unspecified atom stereocenters. The second kappa shape index (κ2) is 9.25. The van der Waals surface area contributed by atoms with Crippen molar-refractivity contribution in [3.63, 3.8) is 0 Å². The van der Waals surface area contributed by atoms with Crippen LogP contribution in [0, 0.1) is 0 Å². The molecule has 2 rings (SSSR count). The SMILES string of the molecule is CCCCN(CCc1ccccc1)Cc1cccc(C(F)(F)F)c1Cl. The highest BCUT2D eigenvalue weighted by atomic mass is 35.5. The molecule has 136 valence electrons. The van der Waals surface area contributed by atoms with E-state index in [2.05, 4.69) is 24.0 Å². The van der Waals surface area contributed by atoms with Crippen LogP contribution in [0.5, 0.6) is 0 Å². The molecular formula is C20H23ClF3N. The fourth-order valence-corrected chi connectivity index (χ4v) is 3.04. The van der Waals surface area contributed by atoms with E-state index in [1.54, 1.807) is 6.07 Å². The minimum atomic E-state index is -4.43. The van der Waals surface area contributed by atoms with Crippen LogP contribution in [0.2, 0.25) is 5.02 Å². The van der Waals surface area contributed by atoms with Gasteiger partial charge in [0.2, 0.25) is 0 Å². The van der Waals surface area contributed by atoms with Gasteiger partial charge in [-0.3, -0.25) is 4.90 Å². The number of nitrogens with zero attached hydrogens (tertiary/aromatic N) is 1. The van der Waals surface area contributed by atoms with Crippen molar-refractivity contribution in [1.29, 1.82) is 0 Å². The van der Waals surface area contributed by atoms with Crippen LogP contribution < -0.4 is 0 Å². The molecule has 5 heteroatoms. The summed E-state index contributed by atoms with van der Waals surface area (Å²) in [7, 11) is 0. The standard InChI is InChI=1S/C20H23ClF3N/c1-2-3-13-25(14-12-16-8-5-4-6-9-16)15-17-10-7-11-18(19(17)21)20(22,23)24/h4-11H,2-3,12-15H2,1H3. The third kappa shape index (κ3) is 6.05. The van der Waals surface area contributed by atoms with Gasteiger partial charge in [0.15, 0.2) is 0 Å². The minimum Gasteiger partial charge on any atom is -0.299 e. The van der Waals surface area contributed by atoms with Crippen molar-refractivity contribution in [3.8, 4) is 0 Å². The van der Waals surface area contributed by atoms with Crippen LogP contribution in [0.1, 0.15) is 36.5 Å². The van der Waals surface area contributed by atoms with Crippen LogP contribution in [-0.4, -0.2) is 18.0 Å². The fourth-order valence-electron chi connectivity index (χ4n) is 2.75. The molecule has 1 nitrogen and oxygen atoms in total. The number of alkyl halides is 3. The van der Waals surface area contributed by atoms with Crippen LogP contribution in [0.25, 0.3) is 0 Å². The van der Waals surface area contributed by atoms with Gasteiger partial charge in [0.25, 0.3) is 0 Å². The topological polar surface area (TPSA) is 3.24 Å². The van der Waals surface area contributed by atoms with Crippen molar-refractivity contribution < 1.29 is 13.2 Å². The molecule has 0 saturated heterocycles. The van der Waals surface area contributed by atoms with E-state index in [4.69, 9.17) is 11.6 Å². The normalized spacial score (nSPS) is 11.9. The molecule has 2 aromatic rings. The molecule has 0 atom stereocenters. The zero-order chi connectivity index (χ0) is 18.3. The molecule has 0 bridgehead atoms. The monoisotopic (exact) mass is 369 g/mol. The largest absolute Gasteiger partial charge is 0.417 e. The summed E-state index contributed by atoms with van der Waals surface area (Å²) in [6.07, 6.45) is -1.52. The predicted molar refractivity (Wildman–Crippen MR) is 96.8 cm³/mol. The Morgan fingerprint density at radius 1 is 0.960 bits per heavy atom. The van der Waals surface area contributed by atoms with Gasteiger partial charge in [0.05, 0.1) is 10.6 Å². The second-order valence-electron chi connectivity index (χ2n) is 6.14. The lowest BCUT2D eigenvalue weighted by Gasteiger charge is -2.23. The van der Waals surface area contributed by atoms with Crippen molar-refractivity contribution in [3.05, 3.63) is 70.2 Å². The summed E-state index contributed by atoms with van der Waals surface area (Å²) in [5.74, 6) is 0. The van der Waals surface area contributed by atoms with Crippen LogP contribution >= 0.6 is 11.6 Å². The van der Waals surface area contributed by atoms with E-state index in [1.807, 2.05) is 18.2 Å². The summed E-state index contributed by atoms with van der Waals surface area (Å²) < 4.78 is 39.1. The maximum atomic E-state index is 13.0. The molecule has 0 spiro atoms. The predicted octanol–water partition coefficient (Wildman–Crippen LogP) is 6.20. The first-order chi connectivity index (χ1) is 11.9. The van der Waals surface area contributed by atoms with Crippen molar-refractivity contribution in [1.82, 2.24) is 4.90 Å². The van der Waals surface area contributed by atoms with Crippen LogP contribution in [0.15, 0.2) is 48.5 Å². The lowest BCUT2D eigenvalue weighted by molar-refractivity contribution is -0.137. The first-order valence-electron chi connectivity index (χ1n) is 8.52. The average Bonchev–Trinajstić information content (AvgIpc) is 2.58. The highest BCUT2D eigenvalue weighted by molar-refractivity contribution is 6.32. The molecule has 0 aromatic heterocycles. The molecule has 0 N–H and O–H groups in total. The Morgan fingerprint density at radius 3 is 2.32 bits per heavy atom. The van der Waals surface area contributed by atoms with Crippen molar-refractivity contribution in [2.45, 2.75) is 38.9 Å². The number of hydrogen-bond donors (Lipinski definition) is 0.